The van der Waals surface area contributed by atoms with E-state index in [0.29, 0.717) is 5.56 Å². The van der Waals surface area contributed by atoms with Crippen LogP contribution in [0, 0.1) is 6.92 Å². The van der Waals surface area contributed by atoms with E-state index in [-0.39, 0.29) is 11.9 Å². The van der Waals surface area contributed by atoms with Gasteiger partial charge in [0.2, 0.25) is 0 Å². The average molecular weight is 231 g/mol. The number of carbonyl (C=O) groups is 1. The summed E-state index contributed by atoms with van der Waals surface area (Å²) in [5, 5.41) is 5.56. The smallest absolute Gasteiger partial charge is 0.301 e. The molecule has 1 amide bonds. The Labute approximate surface area is 98.9 Å². The normalized spacial score (nSPS) is 10.0. The molecule has 5 heteroatoms. The number of oxazole rings is 1. The molecular formula is C12H13N3O2. The van der Waals surface area contributed by atoms with Gasteiger partial charge >= 0.3 is 6.01 Å². The minimum atomic E-state index is -0.241. The van der Waals surface area contributed by atoms with Crippen molar-refractivity contribution in [2.45, 2.75) is 6.92 Å². The lowest BCUT2D eigenvalue weighted by atomic mass is 10.2. The first-order chi connectivity index (χ1) is 8.19. The van der Waals surface area contributed by atoms with Crippen molar-refractivity contribution >= 4 is 17.6 Å². The molecule has 0 saturated heterocycles. The zero-order valence-corrected chi connectivity index (χ0v) is 9.65. The molecular weight excluding hydrogens is 218 g/mol. The molecule has 0 radical (unpaired) electrons. The van der Waals surface area contributed by atoms with E-state index in [1.165, 1.54) is 6.26 Å². The van der Waals surface area contributed by atoms with Crippen molar-refractivity contribution in [3.8, 4) is 0 Å². The molecule has 0 bridgehead atoms. The standard InChI is InChI=1S/C12H13N3O2/c1-8-7-17-12(14-8)15-11(16)9-3-5-10(13-2)6-4-9/h3-7,13H,1-2H3,(H,14,15,16). The zero-order chi connectivity index (χ0) is 12.3. The fourth-order valence-electron chi connectivity index (χ4n) is 1.37. The molecule has 0 unspecified atom stereocenters. The molecule has 0 saturated carbocycles. The molecule has 2 aromatic rings. The van der Waals surface area contributed by atoms with Gasteiger partial charge < -0.3 is 9.73 Å². The Balaban J connectivity index is 2.09. The number of amides is 1. The van der Waals surface area contributed by atoms with Gasteiger partial charge in [0.1, 0.15) is 6.26 Å². The molecule has 0 aliphatic carbocycles. The van der Waals surface area contributed by atoms with Crippen LogP contribution in [0.15, 0.2) is 34.9 Å². The maximum absolute atomic E-state index is 11.8. The van der Waals surface area contributed by atoms with Crippen molar-refractivity contribution in [2.75, 3.05) is 17.7 Å². The van der Waals surface area contributed by atoms with Gasteiger partial charge in [-0.25, -0.2) is 0 Å². The fraction of sp³-hybridized carbons (Fsp3) is 0.167. The van der Waals surface area contributed by atoms with Crippen molar-refractivity contribution in [1.82, 2.24) is 4.98 Å². The second kappa shape index (κ2) is 4.69. The van der Waals surface area contributed by atoms with E-state index in [1.54, 1.807) is 19.1 Å². The molecule has 17 heavy (non-hydrogen) atoms. The lowest BCUT2D eigenvalue weighted by Gasteiger charge is -2.02. The van der Waals surface area contributed by atoms with Crippen molar-refractivity contribution in [1.29, 1.82) is 0 Å². The topological polar surface area (TPSA) is 67.2 Å². The summed E-state index contributed by atoms with van der Waals surface area (Å²) in [6.45, 7) is 1.79. The van der Waals surface area contributed by atoms with Crippen LogP contribution in [-0.4, -0.2) is 17.9 Å². The van der Waals surface area contributed by atoms with E-state index < -0.39 is 0 Å². The summed E-state index contributed by atoms with van der Waals surface area (Å²) >= 11 is 0. The molecule has 88 valence electrons. The number of hydrogen-bond donors (Lipinski definition) is 2. The summed E-state index contributed by atoms with van der Waals surface area (Å²) in [5.74, 6) is -0.241. The molecule has 1 heterocycles. The lowest BCUT2D eigenvalue weighted by molar-refractivity contribution is 0.102. The lowest BCUT2D eigenvalue weighted by Crippen LogP contribution is -2.12. The summed E-state index contributed by atoms with van der Waals surface area (Å²) < 4.78 is 5.05. The van der Waals surface area contributed by atoms with Crippen molar-refractivity contribution < 1.29 is 9.21 Å². The summed E-state index contributed by atoms with van der Waals surface area (Å²) in [4.78, 5) is 15.8. The summed E-state index contributed by atoms with van der Waals surface area (Å²) in [6.07, 6.45) is 1.49. The van der Waals surface area contributed by atoms with Crippen LogP contribution in [0.1, 0.15) is 16.1 Å². The van der Waals surface area contributed by atoms with Gasteiger partial charge in [0.15, 0.2) is 0 Å². The van der Waals surface area contributed by atoms with E-state index in [1.807, 2.05) is 19.2 Å². The van der Waals surface area contributed by atoms with Crippen LogP contribution in [0.3, 0.4) is 0 Å². The maximum atomic E-state index is 11.8. The number of hydrogen-bond acceptors (Lipinski definition) is 4. The van der Waals surface area contributed by atoms with Crippen molar-refractivity contribution in [3.05, 3.63) is 41.8 Å². The van der Waals surface area contributed by atoms with Crippen LogP contribution < -0.4 is 10.6 Å². The Bertz CT molecular complexity index is 517. The molecule has 2 rings (SSSR count). The molecule has 0 aliphatic rings. The summed E-state index contributed by atoms with van der Waals surface area (Å²) in [5.41, 5.74) is 2.24. The minimum Gasteiger partial charge on any atom is -0.432 e. The maximum Gasteiger partial charge on any atom is 0.301 e. The van der Waals surface area contributed by atoms with Gasteiger partial charge in [-0.1, -0.05) is 0 Å². The third-order valence-electron chi connectivity index (χ3n) is 2.28. The van der Waals surface area contributed by atoms with Crippen molar-refractivity contribution in [3.63, 3.8) is 0 Å². The second-order valence-electron chi connectivity index (χ2n) is 3.58. The van der Waals surface area contributed by atoms with E-state index in [4.69, 9.17) is 4.42 Å². The van der Waals surface area contributed by atoms with Crippen LogP contribution >= 0.6 is 0 Å². The predicted octanol–water partition coefficient (Wildman–Crippen LogP) is 2.28. The van der Waals surface area contributed by atoms with E-state index in [2.05, 4.69) is 15.6 Å². The highest BCUT2D eigenvalue weighted by Crippen LogP contribution is 2.11. The highest BCUT2D eigenvalue weighted by molar-refractivity contribution is 6.03. The van der Waals surface area contributed by atoms with E-state index >= 15 is 0 Å². The quantitative estimate of drug-likeness (QED) is 0.850. The van der Waals surface area contributed by atoms with Gasteiger partial charge in [0, 0.05) is 18.3 Å². The molecule has 0 atom stereocenters. The van der Waals surface area contributed by atoms with Gasteiger partial charge in [-0.3, -0.25) is 10.1 Å². The Morgan fingerprint density at radius 2 is 2.00 bits per heavy atom. The number of benzene rings is 1. The van der Waals surface area contributed by atoms with Gasteiger partial charge in [-0.15, -0.1) is 0 Å². The monoisotopic (exact) mass is 231 g/mol. The molecule has 0 fully saturated rings. The largest absolute Gasteiger partial charge is 0.432 e. The Kier molecular flexibility index (Phi) is 3.09. The SMILES string of the molecule is CNc1ccc(C(=O)Nc2nc(C)co2)cc1. The van der Waals surface area contributed by atoms with E-state index in [0.717, 1.165) is 11.4 Å². The van der Waals surface area contributed by atoms with Crippen LogP contribution in [0.2, 0.25) is 0 Å². The second-order valence-corrected chi connectivity index (χ2v) is 3.58. The number of aromatic nitrogens is 1. The van der Waals surface area contributed by atoms with Crippen LogP contribution in [0.5, 0.6) is 0 Å². The molecule has 1 aromatic heterocycles. The first-order valence-corrected chi connectivity index (χ1v) is 5.20. The third kappa shape index (κ3) is 2.63. The van der Waals surface area contributed by atoms with Gasteiger partial charge in [0.25, 0.3) is 5.91 Å². The first kappa shape index (κ1) is 11.2. The average Bonchev–Trinajstić information content (AvgIpc) is 2.75. The molecule has 0 spiro atoms. The zero-order valence-electron chi connectivity index (χ0n) is 9.65. The number of nitrogens with one attached hydrogen (secondary N) is 2. The minimum absolute atomic E-state index is 0.213. The van der Waals surface area contributed by atoms with Gasteiger partial charge in [-0.2, -0.15) is 4.98 Å². The molecule has 5 nitrogen and oxygen atoms in total. The Hall–Kier alpha value is -2.30. The van der Waals surface area contributed by atoms with E-state index in [9.17, 15) is 4.79 Å². The Morgan fingerprint density at radius 3 is 2.53 bits per heavy atom. The van der Waals surface area contributed by atoms with Gasteiger partial charge in [0.05, 0.1) is 5.69 Å². The summed E-state index contributed by atoms with van der Waals surface area (Å²) in [7, 11) is 1.82. The number of nitrogens with zero attached hydrogens (tertiary/aromatic N) is 1. The van der Waals surface area contributed by atoms with Crippen LogP contribution in [-0.2, 0) is 0 Å². The summed E-state index contributed by atoms with van der Waals surface area (Å²) in [6, 6.07) is 7.34. The van der Waals surface area contributed by atoms with Crippen LogP contribution in [0.4, 0.5) is 11.7 Å². The number of aryl methyl sites for hydroxylation is 1. The predicted molar refractivity (Wildman–Crippen MR) is 65.2 cm³/mol. The molecule has 0 aliphatic heterocycles. The highest BCUT2D eigenvalue weighted by atomic mass is 16.4. The Morgan fingerprint density at radius 1 is 1.29 bits per heavy atom. The van der Waals surface area contributed by atoms with Crippen molar-refractivity contribution in [2.24, 2.45) is 0 Å². The first-order valence-electron chi connectivity index (χ1n) is 5.20. The molecule has 2 N–H and O–H groups in total. The highest BCUT2D eigenvalue weighted by Gasteiger charge is 2.08. The third-order valence-corrected chi connectivity index (χ3v) is 2.28. The van der Waals surface area contributed by atoms with Gasteiger partial charge in [-0.05, 0) is 31.2 Å². The number of anilines is 2. The molecule has 1 aromatic carbocycles. The number of carbonyl (C=O) groups excluding carboxylic acids is 1. The number of rotatable bonds is 3. The van der Waals surface area contributed by atoms with Crippen LogP contribution in [0.25, 0.3) is 0 Å². The fourth-order valence-corrected chi connectivity index (χ4v) is 1.37.